The number of benzene rings is 4. The number of amides is 3. The number of hydrogen-bond acceptors (Lipinski definition) is 6. The number of rotatable bonds is 7. The Morgan fingerprint density at radius 3 is 1.65 bits per heavy atom. The van der Waals surface area contributed by atoms with E-state index in [9.17, 15) is 24.0 Å². The number of nitrogens with zero attached hydrogens (tertiary/aromatic N) is 1. The summed E-state index contributed by atoms with van der Waals surface area (Å²) in [6.45, 7) is -0.971. The van der Waals surface area contributed by atoms with Crippen molar-refractivity contribution < 1.29 is 28.7 Å². The van der Waals surface area contributed by atoms with E-state index < -0.39 is 58.4 Å². The Morgan fingerprint density at radius 1 is 0.717 bits per heavy atom. The lowest BCUT2D eigenvalue weighted by Gasteiger charge is -2.54. The maximum absolute atomic E-state index is 13.9. The van der Waals surface area contributed by atoms with E-state index in [0.717, 1.165) is 9.37 Å². The number of likely N-dealkylation sites (tertiary alicyclic amines) is 1. The predicted molar refractivity (Wildman–Crippen MR) is 174 cm³/mol. The van der Waals surface area contributed by atoms with Crippen molar-refractivity contribution in [2.75, 3.05) is 18.5 Å². The maximum Gasteiger partial charge on any atom is 0.338 e. The molecule has 0 unspecified atom stereocenters. The van der Waals surface area contributed by atoms with Crippen molar-refractivity contribution in [1.82, 2.24) is 4.90 Å². The number of anilines is 1. The molecule has 1 fully saturated rings. The number of halogens is 3. The number of esters is 1. The maximum atomic E-state index is 13.9. The molecule has 1 saturated heterocycles. The highest BCUT2D eigenvalue weighted by Crippen LogP contribution is 2.69. The molecule has 230 valence electrons. The van der Waals surface area contributed by atoms with Crippen LogP contribution in [0.1, 0.15) is 43.0 Å². The molecule has 0 spiro atoms. The highest BCUT2D eigenvalue weighted by atomic mass is 79.9. The molecule has 46 heavy (non-hydrogen) atoms. The number of carbonyl (C=O) groups excluding carboxylic acids is 5. The van der Waals surface area contributed by atoms with Gasteiger partial charge in [0, 0.05) is 15.7 Å². The van der Waals surface area contributed by atoms with Crippen LogP contribution in [0.2, 0.25) is 0 Å². The monoisotopic (exact) mass is 716 g/mol. The summed E-state index contributed by atoms with van der Waals surface area (Å²) in [6.07, 6.45) is 0. The van der Waals surface area contributed by atoms with Crippen LogP contribution >= 0.6 is 39.1 Å². The smallest absolute Gasteiger partial charge is 0.338 e. The van der Waals surface area contributed by atoms with Crippen LogP contribution in [0, 0.1) is 11.8 Å². The number of Topliss-reactive ketones (excluding diaryl/α,β-unsaturated/α-hetero) is 1. The van der Waals surface area contributed by atoms with Gasteiger partial charge >= 0.3 is 5.97 Å². The molecule has 1 aliphatic heterocycles. The van der Waals surface area contributed by atoms with Crippen LogP contribution in [-0.2, 0) is 28.9 Å². The van der Waals surface area contributed by atoms with Crippen LogP contribution in [0.15, 0.2) is 102 Å². The zero-order valence-electron chi connectivity index (χ0n) is 23.8. The van der Waals surface area contributed by atoms with Crippen LogP contribution < -0.4 is 5.32 Å². The third-order valence-corrected chi connectivity index (χ3v) is 10.7. The van der Waals surface area contributed by atoms with Gasteiger partial charge < -0.3 is 10.1 Å². The first-order valence-electron chi connectivity index (χ1n) is 14.3. The van der Waals surface area contributed by atoms with Gasteiger partial charge in [-0.15, -0.1) is 23.2 Å². The van der Waals surface area contributed by atoms with Gasteiger partial charge in [0.1, 0.15) is 16.3 Å². The molecule has 11 heteroatoms. The summed E-state index contributed by atoms with van der Waals surface area (Å²) in [7, 11) is 0. The van der Waals surface area contributed by atoms with Gasteiger partial charge in [-0.1, -0.05) is 76.6 Å². The number of imide groups is 1. The molecule has 4 aromatic carbocycles. The van der Waals surface area contributed by atoms with Gasteiger partial charge in [-0.3, -0.25) is 24.1 Å². The molecule has 2 bridgehead atoms. The van der Waals surface area contributed by atoms with Gasteiger partial charge in [-0.25, -0.2) is 4.79 Å². The van der Waals surface area contributed by atoms with Crippen LogP contribution in [0.3, 0.4) is 0 Å². The largest absolute Gasteiger partial charge is 0.454 e. The number of nitrogens with one attached hydrogen (secondary N) is 1. The standard InChI is InChI=1S/C35H23BrCl2N2O6/c36-21-13-9-19(10-14-21)27(41)18-46-33(45)20-11-15-22(16-12-20)39-28(42)17-40-31(43)29-30(32(40)44)35(38)24-6-2-1-5-23(24)34(29,37)25-7-3-4-8-26(25)35/h1-16,29-30H,17-18H2,(H,39,42)/t29-,30-,34?,35?/m1/s1. The lowest BCUT2D eigenvalue weighted by atomic mass is 9.54. The fraction of sp³-hybridized carbons (Fsp3) is 0.171. The third-order valence-electron chi connectivity index (χ3n) is 8.88. The Labute approximate surface area is 281 Å². The Balaban J connectivity index is 1.05. The van der Waals surface area contributed by atoms with Crippen molar-refractivity contribution in [2.45, 2.75) is 9.75 Å². The van der Waals surface area contributed by atoms with Gasteiger partial charge in [-0.05, 0) is 58.7 Å². The molecule has 3 amide bonds. The van der Waals surface area contributed by atoms with Gasteiger partial charge in [0.25, 0.3) is 0 Å². The van der Waals surface area contributed by atoms with E-state index in [4.69, 9.17) is 27.9 Å². The van der Waals surface area contributed by atoms with E-state index in [1.165, 1.54) is 24.3 Å². The summed E-state index contributed by atoms with van der Waals surface area (Å²) in [5, 5.41) is 2.66. The van der Waals surface area contributed by atoms with Crippen LogP contribution in [0.4, 0.5) is 5.69 Å². The second kappa shape index (κ2) is 11.2. The minimum absolute atomic E-state index is 0.171. The molecule has 1 N–H and O–H groups in total. The lowest BCUT2D eigenvalue weighted by Crippen LogP contribution is -2.57. The topological polar surface area (TPSA) is 110 Å². The summed E-state index contributed by atoms with van der Waals surface area (Å²) >= 11 is 18.1. The molecule has 4 aliphatic rings. The van der Waals surface area contributed by atoms with E-state index >= 15 is 0 Å². The van der Waals surface area contributed by atoms with Gasteiger partial charge in [-0.2, -0.15) is 0 Å². The highest BCUT2D eigenvalue weighted by molar-refractivity contribution is 9.10. The van der Waals surface area contributed by atoms with Crippen LogP contribution in [0.25, 0.3) is 0 Å². The Kier molecular flexibility index (Phi) is 7.38. The number of hydrogen-bond donors (Lipinski definition) is 1. The van der Waals surface area contributed by atoms with Gasteiger partial charge in [0.2, 0.25) is 17.7 Å². The Hall–Kier alpha value is -4.31. The third kappa shape index (κ3) is 4.52. The first kappa shape index (κ1) is 30.3. The first-order chi connectivity index (χ1) is 22.0. The zero-order valence-corrected chi connectivity index (χ0v) is 26.9. The number of carbonyl (C=O) groups is 5. The van der Waals surface area contributed by atoms with Gasteiger partial charge in [0.15, 0.2) is 12.4 Å². The molecule has 8 nitrogen and oxygen atoms in total. The summed E-state index contributed by atoms with van der Waals surface area (Å²) in [4.78, 5) is 64.1. The average Bonchev–Trinajstić information content (AvgIpc) is 3.32. The fourth-order valence-electron chi connectivity index (χ4n) is 6.85. The average molecular weight is 718 g/mol. The van der Waals surface area contributed by atoms with Crippen molar-refractivity contribution in [1.29, 1.82) is 0 Å². The van der Waals surface area contributed by atoms with Crippen molar-refractivity contribution in [2.24, 2.45) is 11.8 Å². The quantitative estimate of drug-likeness (QED) is 0.108. The molecule has 1 heterocycles. The zero-order chi connectivity index (χ0) is 32.4. The minimum Gasteiger partial charge on any atom is -0.454 e. The van der Waals surface area contributed by atoms with Crippen molar-refractivity contribution in [3.63, 3.8) is 0 Å². The number of ketones is 1. The summed E-state index contributed by atoms with van der Waals surface area (Å²) in [5.74, 6) is -4.81. The molecule has 3 aliphatic carbocycles. The second-order valence-electron chi connectivity index (χ2n) is 11.4. The van der Waals surface area contributed by atoms with Crippen molar-refractivity contribution in [3.8, 4) is 0 Å². The predicted octanol–water partition coefficient (Wildman–Crippen LogP) is 6.02. The number of ether oxygens (including phenoxy) is 1. The van der Waals surface area contributed by atoms with Gasteiger partial charge in [0.05, 0.1) is 17.4 Å². The Morgan fingerprint density at radius 2 is 1.17 bits per heavy atom. The van der Waals surface area contributed by atoms with E-state index in [1.807, 2.05) is 48.5 Å². The summed E-state index contributed by atoms with van der Waals surface area (Å²) < 4.78 is 5.97. The molecule has 0 saturated carbocycles. The molecule has 0 aromatic heterocycles. The fourth-order valence-corrected chi connectivity index (χ4v) is 8.21. The lowest BCUT2D eigenvalue weighted by molar-refractivity contribution is -0.142. The minimum atomic E-state index is -1.33. The summed E-state index contributed by atoms with van der Waals surface area (Å²) in [5.41, 5.74) is 3.61. The summed E-state index contributed by atoms with van der Waals surface area (Å²) in [6, 6.07) is 27.1. The molecular formula is C35H23BrCl2N2O6. The molecule has 8 rings (SSSR count). The Bertz CT molecular complexity index is 1840. The van der Waals surface area contributed by atoms with E-state index in [1.54, 1.807) is 24.3 Å². The molecular weight excluding hydrogens is 695 g/mol. The van der Waals surface area contributed by atoms with E-state index in [0.29, 0.717) is 33.5 Å². The number of alkyl halides is 2. The van der Waals surface area contributed by atoms with E-state index in [2.05, 4.69) is 21.2 Å². The highest BCUT2D eigenvalue weighted by Gasteiger charge is 2.73. The first-order valence-corrected chi connectivity index (χ1v) is 15.9. The van der Waals surface area contributed by atoms with Crippen molar-refractivity contribution in [3.05, 3.63) is 135 Å². The van der Waals surface area contributed by atoms with Crippen LogP contribution in [-0.4, -0.2) is 47.5 Å². The molecule has 2 atom stereocenters. The molecule has 4 aromatic rings. The van der Waals surface area contributed by atoms with Crippen molar-refractivity contribution >= 4 is 74.3 Å². The van der Waals surface area contributed by atoms with E-state index in [-0.39, 0.29) is 11.3 Å². The normalized spacial score (nSPS) is 23.8. The molecule has 0 radical (unpaired) electrons. The SMILES string of the molecule is O=C(CN1C(=O)[C@H]2[C@H](C1=O)C1(Cl)c3ccccc3C2(Cl)c2ccccc21)Nc1ccc(C(=O)OCC(=O)c2ccc(Br)cc2)cc1. The second-order valence-corrected chi connectivity index (χ2v) is 13.5. The van der Waals surface area contributed by atoms with Crippen LogP contribution in [0.5, 0.6) is 0 Å².